The van der Waals surface area contributed by atoms with Gasteiger partial charge in [0.05, 0.1) is 6.20 Å². The lowest BCUT2D eigenvalue weighted by atomic mass is 9.92. The minimum absolute atomic E-state index is 0.198. The smallest absolute Gasteiger partial charge is 0.242 e. The molecule has 1 fully saturated rings. The van der Waals surface area contributed by atoms with Gasteiger partial charge in [0, 0.05) is 37.6 Å². The summed E-state index contributed by atoms with van der Waals surface area (Å²) in [4.78, 5) is 18.9. The fourth-order valence-corrected chi connectivity index (χ4v) is 3.37. The fourth-order valence-electron chi connectivity index (χ4n) is 3.37. The summed E-state index contributed by atoms with van der Waals surface area (Å²) in [5.41, 5.74) is 2.41. The van der Waals surface area contributed by atoms with Crippen LogP contribution in [0.4, 0.5) is 0 Å². The van der Waals surface area contributed by atoms with Crippen LogP contribution in [0.25, 0.3) is 0 Å². The van der Waals surface area contributed by atoms with Crippen LogP contribution in [0.3, 0.4) is 0 Å². The van der Waals surface area contributed by atoms with Gasteiger partial charge in [0.25, 0.3) is 0 Å². The minimum atomic E-state index is 0.198. The number of aryl methyl sites for hydroxylation is 2. The van der Waals surface area contributed by atoms with Crippen LogP contribution in [0.1, 0.15) is 36.8 Å². The Morgan fingerprint density at radius 1 is 1.48 bits per heavy atom. The van der Waals surface area contributed by atoms with E-state index in [1.54, 1.807) is 6.20 Å². The lowest BCUT2D eigenvalue weighted by molar-refractivity contribution is -0.133. The zero-order valence-electron chi connectivity index (χ0n) is 14.0. The van der Waals surface area contributed by atoms with Crippen LogP contribution < -0.4 is 0 Å². The summed E-state index contributed by atoms with van der Waals surface area (Å²) < 4.78 is 1.96. The second kappa shape index (κ2) is 6.98. The molecule has 124 valence electrons. The maximum atomic E-state index is 12.6. The Kier molecular flexibility index (Phi) is 4.79. The normalized spacial score (nSPS) is 18.3. The van der Waals surface area contributed by atoms with Crippen molar-refractivity contribution in [2.24, 2.45) is 5.92 Å². The molecule has 0 spiro atoms. The van der Waals surface area contributed by atoms with Crippen LogP contribution in [-0.4, -0.2) is 43.6 Å². The van der Waals surface area contributed by atoms with Gasteiger partial charge in [-0.1, -0.05) is 6.92 Å². The van der Waals surface area contributed by atoms with Crippen molar-refractivity contribution >= 4 is 5.91 Å². The van der Waals surface area contributed by atoms with Gasteiger partial charge >= 0.3 is 0 Å². The highest BCUT2D eigenvalue weighted by Crippen LogP contribution is 2.21. The van der Waals surface area contributed by atoms with Gasteiger partial charge in [0.1, 0.15) is 12.4 Å². The van der Waals surface area contributed by atoms with Crippen molar-refractivity contribution in [2.75, 3.05) is 13.1 Å². The Morgan fingerprint density at radius 3 is 3.09 bits per heavy atom. The molecule has 1 aliphatic rings. The molecule has 6 heteroatoms. The molecule has 0 radical (unpaired) electrons. The molecule has 1 saturated heterocycles. The quantitative estimate of drug-likeness (QED) is 0.917. The number of hydrogen-bond donors (Lipinski definition) is 1. The molecular formula is C17H25N5O. The minimum Gasteiger partial charge on any atom is -0.341 e. The van der Waals surface area contributed by atoms with E-state index in [1.165, 1.54) is 17.7 Å². The summed E-state index contributed by atoms with van der Waals surface area (Å²) in [5.74, 6) is 1.68. The summed E-state index contributed by atoms with van der Waals surface area (Å²) in [6, 6.07) is 0. The Morgan fingerprint density at radius 2 is 2.35 bits per heavy atom. The first-order chi connectivity index (χ1) is 11.2. The molecule has 0 unspecified atom stereocenters. The van der Waals surface area contributed by atoms with E-state index in [0.717, 1.165) is 38.2 Å². The predicted octanol–water partition coefficient (Wildman–Crippen LogP) is 1.96. The third-order valence-corrected chi connectivity index (χ3v) is 4.72. The Bertz CT molecular complexity index is 659. The molecule has 0 saturated carbocycles. The molecule has 3 rings (SSSR count). The monoisotopic (exact) mass is 315 g/mol. The van der Waals surface area contributed by atoms with E-state index in [-0.39, 0.29) is 5.91 Å². The lowest BCUT2D eigenvalue weighted by Gasteiger charge is -2.33. The highest BCUT2D eigenvalue weighted by atomic mass is 16.2. The predicted molar refractivity (Wildman–Crippen MR) is 87.9 cm³/mol. The number of piperidine rings is 1. The van der Waals surface area contributed by atoms with Gasteiger partial charge in [0.2, 0.25) is 5.91 Å². The zero-order valence-corrected chi connectivity index (χ0v) is 14.0. The molecule has 2 aromatic heterocycles. The molecular weight excluding hydrogens is 290 g/mol. The lowest BCUT2D eigenvalue weighted by Crippen LogP contribution is -2.42. The summed E-state index contributed by atoms with van der Waals surface area (Å²) in [5, 5.41) is 7.18. The summed E-state index contributed by atoms with van der Waals surface area (Å²) >= 11 is 0. The van der Waals surface area contributed by atoms with E-state index in [4.69, 9.17) is 0 Å². The van der Waals surface area contributed by atoms with E-state index < -0.39 is 0 Å². The second-order valence-electron chi connectivity index (χ2n) is 6.41. The Balaban J connectivity index is 1.59. The first-order valence-corrected chi connectivity index (χ1v) is 8.44. The van der Waals surface area contributed by atoms with Gasteiger partial charge in [0.15, 0.2) is 0 Å². The number of H-pyrrole nitrogens is 1. The largest absolute Gasteiger partial charge is 0.341 e. The molecule has 1 atom stereocenters. The van der Waals surface area contributed by atoms with E-state index in [2.05, 4.69) is 29.0 Å². The SMILES string of the molecule is CCc1nccn1CC(=O)N1CCC[C@H](Cc2[nH]ncc2C)C1. The number of carbonyl (C=O) groups excluding carboxylic acids is 1. The molecule has 0 aromatic carbocycles. The second-order valence-corrected chi connectivity index (χ2v) is 6.41. The number of imidazole rings is 1. The number of nitrogens with one attached hydrogen (secondary N) is 1. The van der Waals surface area contributed by atoms with E-state index >= 15 is 0 Å². The van der Waals surface area contributed by atoms with Crippen molar-refractivity contribution in [3.05, 3.63) is 35.7 Å². The summed E-state index contributed by atoms with van der Waals surface area (Å²) in [7, 11) is 0. The van der Waals surface area contributed by atoms with Crippen molar-refractivity contribution in [1.29, 1.82) is 0 Å². The van der Waals surface area contributed by atoms with Crippen molar-refractivity contribution in [1.82, 2.24) is 24.6 Å². The van der Waals surface area contributed by atoms with E-state index in [9.17, 15) is 4.79 Å². The number of amides is 1. The molecule has 0 bridgehead atoms. The van der Waals surface area contributed by atoms with Crippen LogP contribution >= 0.6 is 0 Å². The molecule has 6 nitrogen and oxygen atoms in total. The van der Waals surface area contributed by atoms with Crippen LogP contribution in [0.2, 0.25) is 0 Å². The highest BCUT2D eigenvalue weighted by Gasteiger charge is 2.25. The number of aromatic amines is 1. The first kappa shape index (κ1) is 15.8. The Labute approximate surface area is 136 Å². The average Bonchev–Trinajstić information content (AvgIpc) is 3.17. The van der Waals surface area contributed by atoms with E-state index in [0.29, 0.717) is 12.5 Å². The summed E-state index contributed by atoms with van der Waals surface area (Å²) in [6.07, 6.45) is 9.61. The molecule has 1 amide bonds. The number of rotatable bonds is 5. The third-order valence-electron chi connectivity index (χ3n) is 4.72. The van der Waals surface area contributed by atoms with Gasteiger partial charge in [-0.3, -0.25) is 9.89 Å². The number of nitrogens with zero attached hydrogens (tertiary/aromatic N) is 4. The van der Waals surface area contributed by atoms with Gasteiger partial charge in [-0.15, -0.1) is 0 Å². The first-order valence-electron chi connectivity index (χ1n) is 8.44. The number of hydrogen-bond acceptors (Lipinski definition) is 3. The average molecular weight is 315 g/mol. The molecule has 3 heterocycles. The van der Waals surface area contributed by atoms with Crippen LogP contribution in [0, 0.1) is 12.8 Å². The maximum Gasteiger partial charge on any atom is 0.242 e. The third kappa shape index (κ3) is 3.63. The number of aromatic nitrogens is 4. The van der Waals surface area contributed by atoms with E-state index in [1.807, 2.05) is 21.9 Å². The molecule has 23 heavy (non-hydrogen) atoms. The fraction of sp³-hybridized carbons (Fsp3) is 0.588. The van der Waals surface area contributed by atoms with Gasteiger partial charge in [-0.05, 0) is 37.7 Å². The van der Waals surface area contributed by atoms with Crippen LogP contribution in [-0.2, 0) is 24.2 Å². The molecule has 0 aliphatic carbocycles. The van der Waals surface area contributed by atoms with Crippen molar-refractivity contribution in [2.45, 2.75) is 46.1 Å². The standard InChI is InChI=1S/C17H25N5O/c1-3-16-18-6-8-21(16)12-17(23)22-7-4-5-14(11-22)9-15-13(2)10-19-20-15/h6,8,10,14H,3-5,7,9,11-12H2,1-2H3,(H,19,20)/t14-/m1/s1. The van der Waals surface area contributed by atoms with Crippen molar-refractivity contribution < 1.29 is 4.79 Å². The number of likely N-dealkylation sites (tertiary alicyclic amines) is 1. The summed E-state index contributed by atoms with van der Waals surface area (Å²) in [6.45, 7) is 6.25. The van der Waals surface area contributed by atoms with Crippen LogP contribution in [0.5, 0.6) is 0 Å². The molecule has 2 aromatic rings. The molecule has 1 N–H and O–H groups in total. The van der Waals surface area contributed by atoms with Gasteiger partial charge < -0.3 is 9.47 Å². The van der Waals surface area contributed by atoms with Crippen LogP contribution in [0.15, 0.2) is 18.6 Å². The maximum absolute atomic E-state index is 12.6. The zero-order chi connectivity index (χ0) is 16.2. The Hall–Kier alpha value is -2.11. The van der Waals surface area contributed by atoms with Gasteiger partial charge in [-0.2, -0.15) is 5.10 Å². The van der Waals surface area contributed by atoms with Gasteiger partial charge in [-0.25, -0.2) is 4.98 Å². The topological polar surface area (TPSA) is 66.8 Å². The van der Waals surface area contributed by atoms with Crippen molar-refractivity contribution in [3.63, 3.8) is 0 Å². The number of carbonyl (C=O) groups is 1. The highest BCUT2D eigenvalue weighted by molar-refractivity contribution is 5.76. The molecule has 1 aliphatic heterocycles. The van der Waals surface area contributed by atoms with Crippen molar-refractivity contribution in [3.8, 4) is 0 Å².